The van der Waals surface area contributed by atoms with Crippen LogP contribution in [-0.2, 0) is 19.1 Å². The molecule has 0 aliphatic heterocycles. The molecular weight excluding hydrogens is 260 g/mol. The van der Waals surface area contributed by atoms with E-state index in [1.54, 1.807) is 0 Å². The van der Waals surface area contributed by atoms with Crippen molar-refractivity contribution in [3.8, 4) is 0 Å². The first-order valence-corrected chi connectivity index (χ1v) is 7.02. The number of aliphatic hydroxyl groups excluding tert-OH is 1. The molecule has 2 bridgehead atoms. The molecule has 108 valence electrons. The van der Waals surface area contributed by atoms with Crippen molar-refractivity contribution in [1.82, 2.24) is 0 Å². The molecule has 0 heterocycles. The van der Waals surface area contributed by atoms with Crippen LogP contribution in [-0.4, -0.2) is 29.9 Å². The Morgan fingerprint density at radius 1 is 1.20 bits per heavy atom. The highest BCUT2D eigenvalue weighted by Gasteiger charge is 2.53. The molecule has 0 aromatic carbocycles. The molecule has 5 atom stereocenters. The van der Waals surface area contributed by atoms with Crippen molar-refractivity contribution < 1.29 is 24.2 Å². The van der Waals surface area contributed by atoms with Crippen LogP contribution in [0.4, 0.5) is 0 Å². The number of ether oxygens (including phenoxy) is 2. The number of aliphatic hydroxyl groups is 1. The lowest BCUT2D eigenvalue weighted by Crippen LogP contribution is -2.31. The third-order valence-electron chi connectivity index (χ3n) is 4.78. The fraction of sp³-hybridized carbons (Fsp3) is 0.600. The fourth-order valence-corrected chi connectivity index (χ4v) is 4.06. The molecule has 3 aliphatic rings. The lowest BCUT2D eigenvalue weighted by atomic mass is 9.80. The molecule has 1 N–H and O–H groups in total. The van der Waals surface area contributed by atoms with Crippen LogP contribution in [0.2, 0.25) is 0 Å². The number of carbonyl (C=O) groups is 2. The Bertz CT molecular complexity index is 467. The van der Waals surface area contributed by atoms with Crippen LogP contribution in [0.1, 0.15) is 19.3 Å². The summed E-state index contributed by atoms with van der Waals surface area (Å²) < 4.78 is 9.73. The fourth-order valence-electron chi connectivity index (χ4n) is 4.06. The summed E-state index contributed by atoms with van der Waals surface area (Å²) in [7, 11) is 0. The summed E-state index contributed by atoms with van der Waals surface area (Å²) in [6.07, 6.45) is 9.76. The molecule has 2 fully saturated rings. The maximum absolute atomic E-state index is 11.7. The van der Waals surface area contributed by atoms with Crippen molar-refractivity contribution in [2.24, 2.45) is 23.7 Å². The Kier molecular flexibility index (Phi) is 3.61. The maximum Gasteiger partial charge on any atom is 0.333 e. The zero-order valence-electron chi connectivity index (χ0n) is 11.1. The Hall–Kier alpha value is -1.62. The van der Waals surface area contributed by atoms with Crippen LogP contribution in [0, 0.1) is 23.7 Å². The molecule has 0 radical (unpaired) electrons. The van der Waals surface area contributed by atoms with Crippen molar-refractivity contribution in [2.75, 3.05) is 6.79 Å². The maximum atomic E-state index is 11.7. The Labute approximate surface area is 117 Å². The minimum absolute atomic E-state index is 0.0324. The first-order chi connectivity index (χ1) is 9.69. The third-order valence-corrected chi connectivity index (χ3v) is 4.78. The summed E-state index contributed by atoms with van der Waals surface area (Å²) in [4.78, 5) is 22.7. The molecule has 5 unspecified atom stereocenters. The molecule has 0 spiro atoms. The van der Waals surface area contributed by atoms with Gasteiger partial charge in [0, 0.05) is 18.1 Å². The molecule has 5 nitrogen and oxygen atoms in total. The van der Waals surface area contributed by atoms with Crippen molar-refractivity contribution in [2.45, 2.75) is 25.4 Å². The van der Waals surface area contributed by atoms with Gasteiger partial charge in [0.1, 0.15) is 6.10 Å². The van der Waals surface area contributed by atoms with Crippen LogP contribution < -0.4 is 0 Å². The molecule has 3 aliphatic carbocycles. The van der Waals surface area contributed by atoms with Crippen molar-refractivity contribution in [1.29, 1.82) is 0 Å². The zero-order chi connectivity index (χ0) is 14.1. The van der Waals surface area contributed by atoms with E-state index in [4.69, 9.17) is 9.84 Å². The number of hydrogen-bond acceptors (Lipinski definition) is 5. The SMILES string of the molecule is O=C(/C=C/C(=O)OC1CC2CC1C1C=CCC21)OCO. The number of fused-ring (bicyclic) bond motifs is 5. The predicted octanol–water partition coefficient (Wildman–Crippen LogP) is 1.18. The van der Waals surface area contributed by atoms with E-state index in [0.717, 1.165) is 30.9 Å². The summed E-state index contributed by atoms with van der Waals surface area (Å²) in [5, 5.41) is 8.39. The topological polar surface area (TPSA) is 72.8 Å². The largest absolute Gasteiger partial charge is 0.459 e. The third kappa shape index (κ3) is 2.38. The molecule has 20 heavy (non-hydrogen) atoms. The number of esters is 2. The van der Waals surface area contributed by atoms with Gasteiger partial charge in [0.15, 0.2) is 6.79 Å². The summed E-state index contributed by atoms with van der Waals surface area (Å²) in [5.74, 6) is 1.15. The van der Waals surface area contributed by atoms with E-state index in [0.29, 0.717) is 17.8 Å². The molecule has 0 saturated heterocycles. The number of rotatable bonds is 4. The van der Waals surface area contributed by atoms with Gasteiger partial charge in [0.25, 0.3) is 0 Å². The van der Waals surface area contributed by atoms with Gasteiger partial charge >= 0.3 is 11.9 Å². The van der Waals surface area contributed by atoms with Crippen LogP contribution in [0.3, 0.4) is 0 Å². The van der Waals surface area contributed by atoms with E-state index in [1.807, 2.05) is 0 Å². The van der Waals surface area contributed by atoms with Crippen molar-refractivity contribution >= 4 is 11.9 Å². The Morgan fingerprint density at radius 2 is 2.00 bits per heavy atom. The minimum atomic E-state index is -0.754. The second-order valence-corrected chi connectivity index (χ2v) is 5.70. The van der Waals surface area contributed by atoms with Gasteiger partial charge in [-0.1, -0.05) is 12.2 Å². The lowest BCUT2D eigenvalue weighted by molar-refractivity contribution is -0.149. The lowest BCUT2D eigenvalue weighted by Gasteiger charge is -2.30. The summed E-state index contributed by atoms with van der Waals surface area (Å²) in [6.45, 7) is -0.694. The summed E-state index contributed by atoms with van der Waals surface area (Å²) in [6, 6.07) is 0. The average molecular weight is 278 g/mol. The molecule has 3 rings (SSSR count). The van der Waals surface area contributed by atoms with Gasteiger partial charge in [-0.05, 0) is 37.0 Å². The Morgan fingerprint density at radius 3 is 2.80 bits per heavy atom. The van der Waals surface area contributed by atoms with E-state index >= 15 is 0 Å². The van der Waals surface area contributed by atoms with E-state index in [-0.39, 0.29) is 6.10 Å². The van der Waals surface area contributed by atoms with Crippen LogP contribution >= 0.6 is 0 Å². The molecule has 2 saturated carbocycles. The van der Waals surface area contributed by atoms with Crippen molar-refractivity contribution in [3.63, 3.8) is 0 Å². The quantitative estimate of drug-likeness (QED) is 0.362. The van der Waals surface area contributed by atoms with E-state index in [2.05, 4.69) is 16.9 Å². The van der Waals surface area contributed by atoms with Gasteiger partial charge in [0.2, 0.25) is 0 Å². The van der Waals surface area contributed by atoms with E-state index < -0.39 is 18.7 Å². The highest BCUT2D eigenvalue weighted by molar-refractivity contribution is 5.91. The van der Waals surface area contributed by atoms with Gasteiger partial charge in [-0.3, -0.25) is 0 Å². The van der Waals surface area contributed by atoms with E-state index in [9.17, 15) is 9.59 Å². The van der Waals surface area contributed by atoms with Crippen LogP contribution in [0.15, 0.2) is 24.3 Å². The highest BCUT2D eigenvalue weighted by Crippen LogP contribution is 2.57. The van der Waals surface area contributed by atoms with Gasteiger partial charge in [0.05, 0.1) is 0 Å². The Balaban J connectivity index is 1.53. The second kappa shape index (κ2) is 5.40. The normalized spacial score (nSPS) is 37.4. The van der Waals surface area contributed by atoms with Crippen molar-refractivity contribution in [3.05, 3.63) is 24.3 Å². The summed E-state index contributed by atoms with van der Waals surface area (Å²) in [5.41, 5.74) is 0. The highest BCUT2D eigenvalue weighted by atomic mass is 16.6. The number of hydrogen-bond donors (Lipinski definition) is 1. The van der Waals surface area contributed by atoms with Crippen LogP contribution in [0.25, 0.3) is 0 Å². The van der Waals surface area contributed by atoms with Crippen LogP contribution in [0.5, 0.6) is 0 Å². The predicted molar refractivity (Wildman–Crippen MR) is 69.1 cm³/mol. The minimum Gasteiger partial charge on any atom is -0.459 e. The first-order valence-electron chi connectivity index (χ1n) is 7.02. The monoisotopic (exact) mass is 278 g/mol. The van der Waals surface area contributed by atoms with Gasteiger partial charge in [-0.25, -0.2) is 9.59 Å². The molecular formula is C15H18O5. The second-order valence-electron chi connectivity index (χ2n) is 5.70. The molecule has 0 aromatic heterocycles. The van der Waals surface area contributed by atoms with Gasteiger partial charge in [-0.15, -0.1) is 0 Å². The first kappa shape index (κ1) is 13.4. The molecule has 0 amide bonds. The molecule has 5 heteroatoms. The zero-order valence-corrected chi connectivity index (χ0v) is 11.1. The smallest absolute Gasteiger partial charge is 0.333 e. The van der Waals surface area contributed by atoms with Gasteiger partial charge < -0.3 is 14.6 Å². The molecule has 0 aromatic rings. The summed E-state index contributed by atoms with van der Waals surface area (Å²) >= 11 is 0. The van der Waals surface area contributed by atoms with E-state index in [1.165, 1.54) is 6.42 Å². The number of carbonyl (C=O) groups excluding carboxylic acids is 2. The number of allylic oxidation sites excluding steroid dienone is 2. The average Bonchev–Trinajstić information content (AvgIpc) is 3.08. The van der Waals surface area contributed by atoms with Gasteiger partial charge in [-0.2, -0.15) is 0 Å². The standard InChI is InChI=1S/C15H18O5/c16-8-19-14(17)4-5-15(18)20-13-7-9-6-12(13)11-3-1-2-10(9)11/h1,3-5,9-13,16H,2,6-8H2/b5-4+.